The molecule has 0 aliphatic carbocycles. The second-order valence-corrected chi connectivity index (χ2v) is 6.58. The summed E-state index contributed by atoms with van der Waals surface area (Å²) >= 11 is 12.1. The van der Waals surface area contributed by atoms with Crippen LogP contribution in [0, 0.1) is 10.1 Å². The molecule has 0 bridgehead atoms. The number of rotatable bonds is 7. The number of hydrogen-bond acceptors (Lipinski definition) is 6. The van der Waals surface area contributed by atoms with E-state index in [4.69, 9.17) is 23.2 Å². The molecule has 1 N–H and O–H groups in total. The van der Waals surface area contributed by atoms with Crippen molar-refractivity contribution in [1.82, 2.24) is 0 Å². The number of nitro groups is 1. The summed E-state index contributed by atoms with van der Waals surface area (Å²) in [7, 11) is 0. The SMILES string of the molecule is CCN(CC)c1ccc(N=Nc2c(Cl)cc([N+](=O)[O-])cc2Cl)c(NC(C)=O)c1. The second-order valence-electron chi connectivity index (χ2n) is 5.77. The molecule has 0 spiro atoms. The summed E-state index contributed by atoms with van der Waals surface area (Å²) < 4.78 is 0. The first kappa shape index (κ1) is 21.6. The standard InChI is InChI=1S/C18H19Cl2N5O3/c1-4-24(5-2)12-6-7-16(17(10-12)21-11(3)26)22-23-18-14(19)8-13(25(27)28)9-15(18)20/h6-10H,4-5H2,1-3H3,(H,21,26). The monoisotopic (exact) mass is 423 g/mol. The first-order valence-electron chi connectivity index (χ1n) is 8.48. The number of nitrogens with zero attached hydrogens (tertiary/aromatic N) is 4. The van der Waals surface area contributed by atoms with Gasteiger partial charge in [0.25, 0.3) is 5.69 Å². The third-order valence-electron chi connectivity index (χ3n) is 3.89. The van der Waals surface area contributed by atoms with Crippen molar-refractivity contribution in [2.45, 2.75) is 20.8 Å². The van der Waals surface area contributed by atoms with Gasteiger partial charge in [-0.25, -0.2) is 0 Å². The number of non-ortho nitro benzene ring substituents is 1. The van der Waals surface area contributed by atoms with Crippen molar-refractivity contribution in [3.8, 4) is 0 Å². The highest BCUT2D eigenvalue weighted by Crippen LogP contribution is 2.39. The highest BCUT2D eigenvalue weighted by Gasteiger charge is 2.15. The van der Waals surface area contributed by atoms with Gasteiger partial charge in [-0.1, -0.05) is 23.2 Å². The molecule has 0 unspecified atom stereocenters. The largest absolute Gasteiger partial charge is 0.372 e. The molecule has 28 heavy (non-hydrogen) atoms. The van der Waals surface area contributed by atoms with Crippen molar-refractivity contribution in [2.75, 3.05) is 23.3 Å². The molecule has 148 valence electrons. The zero-order valence-electron chi connectivity index (χ0n) is 15.6. The average molecular weight is 424 g/mol. The van der Waals surface area contributed by atoms with Crippen molar-refractivity contribution in [3.63, 3.8) is 0 Å². The van der Waals surface area contributed by atoms with E-state index in [0.717, 1.165) is 30.9 Å². The van der Waals surface area contributed by atoms with Crippen molar-refractivity contribution in [1.29, 1.82) is 0 Å². The molecule has 0 heterocycles. The maximum absolute atomic E-state index is 11.6. The van der Waals surface area contributed by atoms with Crippen LogP contribution in [0.4, 0.5) is 28.4 Å². The highest BCUT2D eigenvalue weighted by molar-refractivity contribution is 6.39. The van der Waals surface area contributed by atoms with Crippen LogP contribution in [-0.2, 0) is 4.79 Å². The van der Waals surface area contributed by atoms with Gasteiger partial charge in [0.05, 0.1) is 20.7 Å². The smallest absolute Gasteiger partial charge is 0.272 e. The maximum Gasteiger partial charge on any atom is 0.272 e. The Kier molecular flexibility index (Phi) is 7.31. The molecule has 0 radical (unpaired) electrons. The summed E-state index contributed by atoms with van der Waals surface area (Å²) in [5.74, 6) is -0.250. The minimum atomic E-state index is -0.598. The fourth-order valence-corrected chi connectivity index (χ4v) is 3.09. The molecule has 0 aromatic heterocycles. The number of nitrogens with one attached hydrogen (secondary N) is 1. The summed E-state index contributed by atoms with van der Waals surface area (Å²) in [6.45, 7) is 7.09. The van der Waals surface area contributed by atoms with E-state index in [1.165, 1.54) is 6.92 Å². The lowest BCUT2D eigenvalue weighted by Crippen LogP contribution is -2.21. The van der Waals surface area contributed by atoms with Crippen molar-refractivity contribution in [2.24, 2.45) is 10.2 Å². The van der Waals surface area contributed by atoms with E-state index in [1.807, 2.05) is 26.0 Å². The van der Waals surface area contributed by atoms with E-state index in [9.17, 15) is 14.9 Å². The van der Waals surface area contributed by atoms with Gasteiger partial charge in [0.15, 0.2) is 0 Å². The molecule has 2 aromatic rings. The first-order chi connectivity index (χ1) is 13.3. The van der Waals surface area contributed by atoms with E-state index in [-0.39, 0.29) is 27.3 Å². The van der Waals surface area contributed by atoms with Crippen LogP contribution in [-0.4, -0.2) is 23.9 Å². The van der Waals surface area contributed by atoms with Crippen LogP contribution in [0.1, 0.15) is 20.8 Å². The Balaban J connectivity index is 2.44. The van der Waals surface area contributed by atoms with Gasteiger partial charge in [-0.15, -0.1) is 10.2 Å². The molecule has 0 aliphatic rings. The van der Waals surface area contributed by atoms with Gasteiger partial charge in [-0.2, -0.15) is 0 Å². The molecule has 0 fully saturated rings. The minimum Gasteiger partial charge on any atom is -0.372 e. The second kappa shape index (κ2) is 9.48. The van der Waals surface area contributed by atoms with Gasteiger partial charge < -0.3 is 10.2 Å². The van der Waals surface area contributed by atoms with Crippen molar-refractivity contribution >= 4 is 57.5 Å². The number of benzene rings is 2. The average Bonchev–Trinajstić information content (AvgIpc) is 2.62. The molecule has 2 aromatic carbocycles. The Labute approximate surface area is 172 Å². The third-order valence-corrected chi connectivity index (χ3v) is 4.47. The lowest BCUT2D eigenvalue weighted by atomic mass is 10.2. The van der Waals surface area contributed by atoms with Crippen LogP contribution in [0.2, 0.25) is 10.0 Å². The van der Waals surface area contributed by atoms with Gasteiger partial charge in [0.1, 0.15) is 11.4 Å². The van der Waals surface area contributed by atoms with Gasteiger partial charge in [0.2, 0.25) is 5.91 Å². The number of hydrogen-bond donors (Lipinski definition) is 1. The summed E-state index contributed by atoms with van der Waals surface area (Å²) in [4.78, 5) is 24.0. The Morgan fingerprint density at radius 1 is 1.14 bits per heavy atom. The fraction of sp³-hybridized carbons (Fsp3) is 0.278. The highest BCUT2D eigenvalue weighted by atomic mass is 35.5. The number of nitro benzene ring substituents is 1. The van der Waals surface area contributed by atoms with Gasteiger partial charge >= 0.3 is 0 Å². The van der Waals surface area contributed by atoms with E-state index in [0.29, 0.717) is 11.4 Å². The lowest BCUT2D eigenvalue weighted by molar-refractivity contribution is -0.384. The van der Waals surface area contributed by atoms with Crippen LogP contribution in [0.5, 0.6) is 0 Å². The topological polar surface area (TPSA) is 100 Å². The van der Waals surface area contributed by atoms with Crippen molar-refractivity contribution < 1.29 is 9.72 Å². The quantitative estimate of drug-likeness (QED) is 0.329. The predicted molar refractivity (Wildman–Crippen MR) is 112 cm³/mol. The van der Waals surface area contributed by atoms with Crippen LogP contribution in [0.15, 0.2) is 40.6 Å². The summed E-state index contributed by atoms with van der Waals surface area (Å²) in [5.41, 5.74) is 1.68. The molecule has 8 nitrogen and oxygen atoms in total. The molecule has 10 heteroatoms. The number of amides is 1. The fourth-order valence-electron chi connectivity index (χ4n) is 2.54. The van der Waals surface area contributed by atoms with Gasteiger partial charge in [-0.3, -0.25) is 14.9 Å². The number of carbonyl (C=O) groups is 1. The van der Waals surface area contributed by atoms with E-state index in [1.54, 1.807) is 6.07 Å². The van der Waals surface area contributed by atoms with E-state index in [2.05, 4.69) is 20.4 Å². The summed E-state index contributed by atoms with van der Waals surface area (Å²) in [5, 5.41) is 21.8. The Hall–Kier alpha value is -2.71. The number of halogens is 2. The van der Waals surface area contributed by atoms with Crippen LogP contribution in [0.3, 0.4) is 0 Å². The summed E-state index contributed by atoms with van der Waals surface area (Å²) in [6.07, 6.45) is 0. The maximum atomic E-state index is 11.6. The molecule has 0 aliphatic heterocycles. The molecule has 0 saturated heterocycles. The minimum absolute atomic E-state index is 0.00351. The Morgan fingerprint density at radius 2 is 1.75 bits per heavy atom. The molecule has 0 atom stereocenters. The molecule has 0 saturated carbocycles. The molecule has 2 rings (SSSR count). The lowest BCUT2D eigenvalue weighted by Gasteiger charge is -2.22. The third kappa shape index (κ3) is 5.17. The molecule has 1 amide bonds. The number of anilines is 2. The van der Waals surface area contributed by atoms with Crippen LogP contribution in [0.25, 0.3) is 0 Å². The number of carbonyl (C=O) groups excluding carboxylic acids is 1. The Morgan fingerprint density at radius 3 is 2.25 bits per heavy atom. The van der Waals surface area contributed by atoms with Gasteiger partial charge in [-0.05, 0) is 32.0 Å². The first-order valence-corrected chi connectivity index (χ1v) is 9.24. The predicted octanol–water partition coefficient (Wildman–Crippen LogP) is 6.12. The van der Waals surface area contributed by atoms with Crippen LogP contribution < -0.4 is 10.2 Å². The van der Waals surface area contributed by atoms with Crippen molar-refractivity contribution in [3.05, 3.63) is 50.5 Å². The zero-order valence-corrected chi connectivity index (χ0v) is 17.1. The number of azo groups is 1. The zero-order chi connectivity index (χ0) is 20.8. The molecular formula is C18H19Cl2N5O3. The Bertz CT molecular complexity index is 906. The van der Waals surface area contributed by atoms with Gasteiger partial charge in [0, 0.05) is 37.8 Å². The summed E-state index contributed by atoms with van der Waals surface area (Å²) in [6, 6.07) is 7.70. The van der Waals surface area contributed by atoms with E-state index < -0.39 is 4.92 Å². The van der Waals surface area contributed by atoms with Crippen LogP contribution >= 0.6 is 23.2 Å². The normalized spacial score (nSPS) is 10.9. The van der Waals surface area contributed by atoms with E-state index >= 15 is 0 Å². The molecular weight excluding hydrogens is 405 g/mol.